The first-order valence-corrected chi connectivity index (χ1v) is 14.1. The molecule has 224 valence electrons. The molecule has 1 aliphatic heterocycles. The molecule has 0 fully saturated rings. The summed E-state index contributed by atoms with van der Waals surface area (Å²) in [6.07, 6.45) is -0.0293. The van der Waals surface area contributed by atoms with E-state index in [0.717, 1.165) is 16.6 Å². The number of aliphatic hydroxyl groups excluding tert-OH is 3. The Kier molecular flexibility index (Phi) is 9.12. The summed E-state index contributed by atoms with van der Waals surface area (Å²) in [5.74, 6) is -0.739. The second-order valence-electron chi connectivity index (χ2n) is 10.4. The summed E-state index contributed by atoms with van der Waals surface area (Å²) in [6, 6.07) is 12.4. The molecule has 5 N–H and O–H groups in total. The van der Waals surface area contributed by atoms with Crippen LogP contribution in [0.15, 0.2) is 54.1 Å². The van der Waals surface area contributed by atoms with Gasteiger partial charge in [-0.25, -0.2) is 0 Å². The number of carbonyl (C=O) groups excluding carboxylic acids is 2. The van der Waals surface area contributed by atoms with Crippen LogP contribution in [-0.4, -0.2) is 95.3 Å². The van der Waals surface area contributed by atoms with E-state index in [4.69, 9.17) is 14.2 Å². The van der Waals surface area contributed by atoms with Gasteiger partial charge in [-0.05, 0) is 48.2 Å². The molecule has 11 nitrogen and oxygen atoms in total. The smallest absolute Gasteiger partial charge is 0.249 e. The average molecular weight is 580 g/mol. The number of nitrogens with zero attached hydrogens (tertiary/aromatic N) is 1. The number of nitrogens with one attached hydrogen (secondary N) is 2. The van der Waals surface area contributed by atoms with Gasteiger partial charge in [-0.1, -0.05) is 18.2 Å². The molecule has 5 rings (SSSR count). The Morgan fingerprint density at radius 2 is 1.98 bits per heavy atom. The largest absolute Gasteiger partial charge is 0.493 e. The van der Waals surface area contributed by atoms with Gasteiger partial charge in [0, 0.05) is 48.5 Å². The van der Waals surface area contributed by atoms with Gasteiger partial charge in [-0.2, -0.15) is 0 Å². The molecule has 2 amide bonds. The van der Waals surface area contributed by atoms with Crippen LogP contribution < -0.4 is 14.8 Å². The van der Waals surface area contributed by atoms with Crippen LogP contribution in [0, 0.1) is 0 Å². The fourth-order valence-corrected chi connectivity index (χ4v) is 5.84. The van der Waals surface area contributed by atoms with Gasteiger partial charge < -0.3 is 44.7 Å². The summed E-state index contributed by atoms with van der Waals surface area (Å²) in [7, 11) is 1.48. The molecule has 0 spiro atoms. The Hall–Kier alpha value is -3.90. The quantitative estimate of drug-likeness (QED) is 0.216. The molecule has 2 aliphatic rings. The highest BCUT2D eigenvalue weighted by Crippen LogP contribution is 2.51. The molecule has 0 unspecified atom stereocenters. The monoisotopic (exact) mass is 579 g/mol. The van der Waals surface area contributed by atoms with E-state index in [1.807, 2.05) is 30.3 Å². The number of H-pyrrole nitrogens is 1. The normalized spacial score (nSPS) is 20.8. The lowest BCUT2D eigenvalue weighted by Crippen LogP contribution is -2.56. The number of carbonyl (C=O) groups is 2. The Morgan fingerprint density at radius 3 is 2.69 bits per heavy atom. The second kappa shape index (κ2) is 13.0. The fraction of sp³-hybridized carbons (Fsp3) is 0.419. The highest BCUT2D eigenvalue weighted by molar-refractivity contribution is 5.96. The minimum atomic E-state index is -1.20. The number of fused-ring (bicyclic) bond motifs is 4. The topological polar surface area (TPSA) is 154 Å². The molecule has 0 radical (unpaired) electrons. The molecular formula is C31H37N3O8. The zero-order valence-corrected chi connectivity index (χ0v) is 23.7. The Labute approximate surface area is 243 Å². The van der Waals surface area contributed by atoms with Gasteiger partial charge in [-0.3, -0.25) is 9.59 Å². The van der Waals surface area contributed by atoms with Crippen molar-refractivity contribution in [1.82, 2.24) is 15.2 Å². The number of hydrogen-bond acceptors (Lipinski definition) is 8. The number of aliphatic hydroxyl groups is 3. The third-order valence-electron chi connectivity index (χ3n) is 7.81. The molecule has 3 aromatic rings. The van der Waals surface area contributed by atoms with Crippen LogP contribution in [0.5, 0.6) is 11.5 Å². The molecule has 11 heteroatoms. The van der Waals surface area contributed by atoms with Gasteiger partial charge >= 0.3 is 0 Å². The number of para-hydroxylation sites is 1. The summed E-state index contributed by atoms with van der Waals surface area (Å²) in [5, 5.41) is 34.7. The van der Waals surface area contributed by atoms with Crippen LogP contribution in [0.3, 0.4) is 0 Å². The molecule has 0 bridgehead atoms. The van der Waals surface area contributed by atoms with Crippen molar-refractivity contribution in [3.8, 4) is 11.5 Å². The van der Waals surface area contributed by atoms with Gasteiger partial charge in [0.1, 0.15) is 18.8 Å². The summed E-state index contributed by atoms with van der Waals surface area (Å²) in [4.78, 5) is 31.9. The van der Waals surface area contributed by atoms with Gasteiger partial charge in [-0.15, -0.1) is 0 Å². The molecule has 2 aromatic carbocycles. The van der Waals surface area contributed by atoms with E-state index in [1.54, 1.807) is 25.1 Å². The third-order valence-corrected chi connectivity index (χ3v) is 7.81. The lowest BCUT2D eigenvalue weighted by Gasteiger charge is -2.40. The molecule has 0 saturated carbocycles. The fourth-order valence-electron chi connectivity index (χ4n) is 5.84. The molecule has 2 heterocycles. The first kappa shape index (κ1) is 29.6. The van der Waals surface area contributed by atoms with Crippen molar-refractivity contribution in [3.63, 3.8) is 0 Å². The molecule has 4 atom stereocenters. The van der Waals surface area contributed by atoms with Crippen LogP contribution in [0.1, 0.15) is 29.7 Å². The summed E-state index contributed by atoms with van der Waals surface area (Å²) >= 11 is 0. The lowest BCUT2D eigenvalue weighted by atomic mass is 9.77. The van der Waals surface area contributed by atoms with Crippen molar-refractivity contribution in [3.05, 3.63) is 70.9 Å². The van der Waals surface area contributed by atoms with Crippen molar-refractivity contribution in [2.75, 3.05) is 40.0 Å². The van der Waals surface area contributed by atoms with Gasteiger partial charge in [0.2, 0.25) is 11.8 Å². The number of benzene rings is 2. The number of hydrogen-bond donors (Lipinski definition) is 5. The summed E-state index contributed by atoms with van der Waals surface area (Å²) in [5.41, 5.74) is 3.35. The van der Waals surface area contributed by atoms with E-state index in [0.29, 0.717) is 41.2 Å². The van der Waals surface area contributed by atoms with Crippen LogP contribution in [0.25, 0.3) is 10.9 Å². The molecule has 1 aromatic heterocycles. The number of ether oxygens (including phenoxy) is 3. The van der Waals surface area contributed by atoms with Crippen LogP contribution in [-0.2, 0) is 27.4 Å². The predicted octanol–water partition coefficient (Wildman–Crippen LogP) is 1.40. The van der Waals surface area contributed by atoms with Crippen molar-refractivity contribution in [2.45, 2.75) is 44.1 Å². The van der Waals surface area contributed by atoms with E-state index in [2.05, 4.69) is 10.3 Å². The second-order valence-corrected chi connectivity index (χ2v) is 10.4. The van der Waals surface area contributed by atoms with Crippen molar-refractivity contribution in [2.24, 2.45) is 0 Å². The molecule has 0 saturated heterocycles. The predicted molar refractivity (Wildman–Crippen MR) is 154 cm³/mol. The van der Waals surface area contributed by atoms with Gasteiger partial charge in [0.05, 0.1) is 32.3 Å². The molecular weight excluding hydrogens is 542 g/mol. The van der Waals surface area contributed by atoms with Crippen molar-refractivity contribution >= 4 is 22.7 Å². The SMILES string of the molecule is CCOCC(=O)N(CCc1cc2ccccc2[nH]1)[C@@H]1C=C(C(=O)NCCO)[C@@H]2c3cc(CO)cc(OC)c3O[C@@H]2[C@H]1O. The number of methoxy groups -OCH3 is 1. The Balaban J connectivity index is 1.53. The van der Waals surface area contributed by atoms with Gasteiger partial charge in [0.25, 0.3) is 0 Å². The van der Waals surface area contributed by atoms with E-state index < -0.39 is 30.1 Å². The zero-order chi connectivity index (χ0) is 29.8. The zero-order valence-electron chi connectivity index (χ0n) is 23.7. The highest BCUT2D eigenvalue weighted by atomic mass is 16.5. The number of rotatable bonds is 12. The molecule has 42 heavy (non-hydrogen) atoms. The number of aromatic nitrogens is 1. The standard InChI is InChI=1S/C31H37N3O8/c1-3-41-17-26(37)34(10-8-20-14-19-6-4-5-7-23(19)33-20)24-15-22(31(39)32-9-11-35)27-21-12-18(16-36)13-25(40-2)29(21)42-30(27)28(24)38/h4-7,12-15,24,27-28,30,33,35-36,38H,3,8-11,16-17H2,1-2H3,(H,32,39)/t24-,27+,28+,30+/m1/s1. The minimum Gasteiger partial charge on any atom is -0.493 e. The third kappa shape index (κ3) is 5.73. The Morgan fingerprint density at radius 1 is 1.17 bits per heavy atom. The average Bonchev–Trinajstić information content (AvgIpc) is 3.61. The molecule has 1 aliphatic carbocycles. The van der Waals surface area contributed by atoms with Crippen LogP contribution in [0.2, 0.25) is 0 Å². The van der Waals surface area contributed by atoms with Crippen LogP contribution in [0.4, 0.5) is 0 Å². The maximum absolute atomic E-state index is 13.5. The minimum absolute atomic E-state index is 0.0296. The first-order chi connectivity index (χ1) is 20.4. The maximum Gasteiger partial charge on any atom is 0.249 e. The Bertz CT molecular complexity index is 1430. The number of aromatic amines is 1. The van der Waals surface area contributed by atoms with Gasteiger partial charge in [0.15, 0.2) is 11.5 Å². The highest BCUT2D eigenvalue weighted by Gasteiger charge is 2.51. The maximum atomic E-state index is 13.5. The van der Waals surface area contributed by atoms with E-state index in [-0.39, 0.29) is 38.8 Å². The first-order valence-electron chi connectivity index (χ1n) is 14.1. The summed E-state index contributed by atoms with van der Waals surface area (Å²) < 4.78 is 17.2. The summed E-state index contributed by atoms with van der Waals surface area (Å²) in [6.45, 7) is 1.72. The van der Waals surface area contributed by atoms with Crippen molar-refractivity contribution < 1.29 is 39.1 Å². The number of amides is 2. The van der Waals surface area contributed by atoms with E-state index >= 15 is 0 Å². The van der Waals surface area contributed by atoms with Crippen LogP contribution >= 0.6 is 0 Å². The van der Waals surface area contributed by atoms with E-state index in [9.17, 15) is 24.9 Å². The lowest BCUT2D eigenvalue weighted by molar-refractivity contribution is -0.141. The van der Waals surface area contributed by atoms with Crippen molar-refractivity contribution in [1.29, 1.82) is 0 Å². The van der Waals surface area contributed by atoms with E-state index in [1.165, 1.54) is 12.0 Å².